The number of rotatable bonds is 29. The van der Waals surface area contributed by atoms with E-state index in [9.17, 15) is 38.4 Å². The number of nitrogens with one attached hydrogen (secondary N) is 8. The summed E-state index contributed by atoms with van der Waals surface area (Å²) in [5.41, 5.74) is 2.34. The Labute approximate surface area is 526 Å². The largest absolute Gasteiger partial charge is 0.355 e. The SMILES string of the molecule is CN[C@@H](C)C(=O)N[C@H](C(=O)N1CCC[C@H]1C(=O)N[C@H](C(=O)NCCCCCCNC(=O)[C@@H](N[C@@H]1C(=O)[C@@]12CCCN2C(=O)[C@@H](NC(=O)[C@H](C)NC)C1CCCCC1)C(c1ccccc1)c1ccccc1)C(c1ccccc1)c1ccccc1)C1CCCCC1. The predicted molar refractivity (Wildman–Crippen MR) is 344 cm³/mol. The van der Waals surface area contributed by atoms with Crippen LogP contribution in [0.25, 0.3) is 0 Å². The minimum absolute atomic E-state index is 0.0423. The van der Waals surface area contributed by atoms with E-state index in [1.54, 1.807) is 37.7 Å². The van der Waals surface area contributed by atoms with Crippen molar-refractivity contribution in [1.29, 1.82) is 0 Å². The van der Waals surface area contributed by atoms with E-state index >= 15 is 0 Å². The maximum absolute atomic E-state index is 14.9. The molecule has 3 saturated carbocycles. The van der Waals surface area contributed by atoms with Crippen molar-refractivity contribution in [3.05, 3.63) is 144 Å². The van der Waals surface area contributed by atoms with Gasteiger partial charge in [0.25, 0.3) is 0 Å². The molecule has 0 aromatic heterocycles. The van der Waals surface area contributed by atoms with Gasteiger partial charge in [-0.1, -0.05) is 173 Å². The lowest BCUT2D eigenvalue weighted by Gasteiger charge is -2.36. The highest BCUT2D eigenvalue weighted by Crippen LogP contribution is 2.48. The standard InChI is InChI=1S/C71H96N10O8/c1-47(72-3)64(83)77-58(53-37-21-11-22-38-53)69(88)80-45-27-41-55(80)66(85)79-61(57(51-33-17-9-18-34-51)52-35-19-10-20-36-52)68(87)75-44-26-6-5-25-43-74-67(86)60(56(49-29-13-7-14-30-49)50-31-15-8-16-32-50)76-62-63(82)71(62)42-28-46-81(71)70(89)59(54-39-23-12-24-40-54)78-65(84)48(2)73-4/h7-10,13-20,29-36,47-48,53-62,72-73,76H,5-6,11-12,21-28,37-46H2,1-4H3,(H,74,86)(H,75,87)(H,77,83)(H,78,84)(H,79,85)/t47-,48-,55-,58-,59-,60-,61-,62+,71+/m0/s1. The molecule has 1 spiro atoms. The lowest BCUT2D eigenvalue weighted by Crippen LogP contribution is -2.59. The van der Waals surface area contributed by atoms with Gasteiger partial charge in [-0.15, -0.1) is 0 Å². The molecule has 3 aliphatic carbocycles. The molecule has 0 radical (unpaired) electrons. The van der Waals surface area contributed by atoms with Crippen LogP contribution in [-0.2, 0) is 38.4 Å². The zero-order chi connectivity index (χ0) is 62.9. The Morgan fingerprint density at radius 3 is 1.36 bits per heavy atom. The van der Waals surface area contributed by atoms with Crippen molar-refractivity contribution in [2.24, 2.45) is 11.8 Å². The molecule has 4 aromatic rings. The van der Waals surface area contributed by atoms with Gasteiger partial charge in [-0.2, -0.15) is 0 Å². The number of ketones is 1. The van der Waals surface area contributed by atoms with E-state index in [4.69, 9.17) is 0 Å². The summed E-state index contributed by atoms with van der Waals surface area (Å²) in [6.07, 6.45) is 14.1. The minimum atomic E-state index is -1.13. The number of likely N-dealkylation sites (tertiary alicyclic amines) is 2. The van der Waals surface area contributed by atoms with Gasteiger partial charge in [-0.05, 0) is 126 Å². The molecule has 2 aliphatic heterocycles. The Hall–Kier alpha value is -7.28. The highest BCUT2D eigenvalue weighted by molar-refractivity contribution is 6.15. The number of likely N-dealkylation sites (N-methyl/N-ethyl adjacent to an activating group) is 2. The second-order valence-electron chi connectivity index (χ2n) is 25.5. The molecule has 7 amide bonds. The highest BCUT2D eigenvalue weighted by Gasteiger charge is 2.72. The number of nitrogens with zero attached hydrogens (tertiary/aromatic N) is 2. The van der Waals surface area contributed by atoms with Crippen LogP contribution in [0, 0.1) is 11.8 Å². The third-order valence-corrected chi connectivity index (χ3v) is 19.8. The van der Waals surface area contributed by atoms with Crippen LogP contribution in [0.4, 0.5) is 0 Å². The maximum Gasteiger partial charge on any atom is 0.246 e. The second kappa shape index (κ2) is 31.9. The summed E-state index contributed by atoms with van der Waals surface area (Å²) in [6, 6.07) is 32.8. The molecule has 18 heteroatoms. The molecule has 0 unspecified atom stereocenters. The van der Waals surface area contributed by atoms with Crippen LogP contribution in [0.1, 0.15) is 164 Å². The molecule has 9 rings (SSSR count). The molecule has 5 aliphatic rings. The van der Waals surface area contributed by atoms with Crippen LogP contribution < -0.4 is 42.5 Å². The smallest absolute Gasteiger partial charge is 0.246 e. The predicted octanol–water partition coefficient (Wildman–Crippen LogP) is 6.54. The van der Waals surface area contributed by atoms with Gasteiger partial charge in [0.1, 0.15) is 35.7 Å². The van der Waals surface area contributed by atoms with E-state index in [1.165, 1.54) is 0 Å². The number of carbonyl (C=O) groups is 8. The lowest BCUT2D eigenvalue weighted by molar-refractivity contribution is -0.143. The third-order valence-electron chi connectivity index (χ3n) is 19.8. The zero-order valence-corrected chi connectivity index (χ0v) is 52.7. The first-order valence-corrected chi connectivity index (χ1v) is 33.2. The van der Waals surface area contributed by atoms with Gasteiger partial charge in [0.05, 0.1) is 18.1 Å². The number of hydrogen-bond acceptors (Lipinski definition) is 11. The highest BCUT2D eigenvalue weighted by atomic mass is 16.2. The van der Waals surface area contributed by atoms with Crippen LogP contribution in [0.2, 0.25) is 0 Å². The van der Waals surface area contributed by atoms with Crippen LogP contribution in [-0.4, -0.2) is 151 Å². The molecular formula is C71H96N10O8. The molecular weight excluding hydrogens is 1120 g/mol. The van der Waals surface area contributed by atoms with Gasteiger partial charge in [0, 0.05) is 38.0 Å². The molecule has 478 valence electrons. The van der Waals surface area contributed by atoms with Crippen molar-refractivity contribution >= 4 is 47.1 Å². The van der Waals surface area contributed by atoms with E-state index < -0.39 is 71.6 Å². The fourth-order valence-electron chi connectivity index (χ4n) is 14.5. The zero-order valence-electron chi connectivity index (χ0n) is 52.7. The van der Waals surface area contributed by atoms with Gasteiger partial charge in [0.2, 0.25) is 41.4 Å². The molecule has 2 heterocycles. The molecule has 0 bridgehead atoms. The monoisotopic (exact) mass is 1220 g/mol. The summed E-state index contributed by atoms with van der Waals surface area (Å²) >= 11 is 0. The van der Waals surface area contributed by atoms with Crippen molar-refractivity contribution in [3.63, 3.8) is 0 Å². The minimum Gasteiger partial charge on any atom is -0.355 e. The summed E-state index contributed by atoms with van der Waals surface area (Å²) in [5, 5.41) is 25.2. The lowest BCUT2D eigenvalue weighted by atomic mass is 9.83. The van der Waals surface area contributed by atoms with Crippen LogP contribution in [0.3, 0.4) is 0 Å². The van der Waals surface area contributed by atoms with Gasteiger partial charge in [-0.25, -0.2) is 0 Å². The summed E-state index contributed by atoms with van der Waals surface area (Å²) in [6.45, 7) is 4.96. The van der Waals surface area contributed by atoms with Crippen molar-refractivity contribution in [2.75, 3.05) is 40.3 Å². The van der Waals surface area contributed by atoms with E-state index in [0.29, 0.717) is 64.7 Å². The fraction of sp³-hybridized carbons (Fsp3) is 0.549. The summed E-state index contributed by atoms with van der Waals surface area (Å²) < 4.78 is 0. The number of hydrogen-bond donors (Lipinski definition) is 8. The fourth-order valence-corrected chi connectivity index (χ4v) is 14.5. The van der Waals surface area contributed by atoms with Crippen molar-refractivity contribution in [2.45, 2.75) is 195 Å². The Morgan fingerprint density at radius 2 is 0.910 bits per heavy atom. The first-order valence-electron chi connectivity index (χ1n) is 33.2. The van der Waals surface area contributed by atoms with E-state index in [0.717, 1.165) is 99.3 Å². The van der Waals surface area contributed by atoms with Gasteiger partial charge < -0.3 is 47.0 Å². The van der Waals surface area contributed by atoms with Gasteiger partial charge >= 0.3 is 0 Å². The van der Waals surface area contributed by atoms with Gasteiger partial charge in [0.15, 0.2) is 5.78 Å². The van der Waals surface area contributed by atoms with Crippen LogP contribution in [0.5, 0.6) is 0 Å². The first kappa shape index (κ1) is 66.1. The first-order chi connectivity index (χ1) is 43.3. The summed E-state index contributed by atoms with van der Waals surface area (Å²) in [5.74, 6) is -3.31. The number of unbranched alkanes of at least 4 members (excludes halogenated alkanes) is 3. The Kier molecular flexibility index (Phi) is 23.7. The summed E-state index contributed by atoms with van der Waals surface area (Å²) in [7, 11) is 3.42. The Bertz CT molecular complexity index is 2920. The Balaban J connectivity index is 0.856. The topological polar surface area (TPSA) is 239 Å². The molecule has 2 saturated heterocycles. The second-order valence-corrected chi connectivity index (χ2v) is 25.5. The number of carbonyl (C=O) groups excluding carboxylic acids is 8. The molecule has 4 aromatic carbocycles. The normalized spacial score (nSPS) is 21.6. The molecule has 89 heavy (non-hydrogen) atoms. The Morgan fingerprint density at radius 1 is 0.483 bits per heavy atom. The quantitative estimate of drug-likeness (QED) is 0.0272. The van der Waals surface area contributed by atoms with Crippen LogP contribution >= 0.6 is 0 Å². The number of amides is 7. The van der Waals surface area contributed by atoms with Crippen molar-refractivity contribution in [1.82, 2.24) is 52.3 Å². The van der Waals surface area contributed by atoms with Crippen molar-refractivity contribution in [3.8, 4) is 0 Å². The molecule has 8 N–H and O–H groups in total. The van der Waals surface area contributed by atoms with E-state index in [1.807, 2.05) is 121 Å². The van der Waals surface area contributed by atoms with Crippen molar-refractivity contribution < 1.29 is 38.4 Å². The molecule has 18 nitrogen and oxygen atoms in total. The van der Waals surface area contributed by atoms with Gasteiger partial charge in [-0.3, -0.25) is 43.7 Å². The maximum atomic E-state index is 14.9. The van der Waals surface area contributed by atoms with Crippen LogP contribution in [0.15, 0.2) is 121 Å². The average Bonchev–Trinajstić information content (AvgIpc) is 1.53. The number of Topliss-reactive ketones (excluding diaryl/α,β-unsaturated/α-hetero) is 1. The summed E-state index contributed by atoms with van der Waals surface area (Å²) in [4.78, 5) is 119. The molecule has 9 atom stereocenters. The number of benzene rings is 4. The van der Waals surface area contributed by atoms with E-state index in [-0.39, 0.29) is 53.1 Å². The molecule has 5 fully saturated rings. The average molecular weight is 1220 g/mol. The third kappa shape index (κ3) is 16.0. The van der Waals surface area contributed by atoms with E-state index in [2.05, 4.69) is 42.5 Å².